The second-order valence-electron chi connectivity index (χ2n) is 5.72. The van der Waals surface area contributed by atoms with Crippen LogP contribution < -0.4 is 5.32 Å². The van der Waals surface area contributed by atoms with Crippen LogP contribution in [0.3, 0.4) is 0 Å². The summed E-state index contributed by atoms with van der Waals surface area (Å²) in [5.74, 6) is 1.16. The third-order valence-corrected chi connectivity index (χ3v) is 4.30. The van der Waals surface area contributed by atoms with E-state index in [1.54, 1.807) is 13.0 Å². The van der Waals surface area contributed by atoms with Gasteiger partial charge in [-0.15, -0.1) is 0 Å². The molecule has 0 saturated carbocycles. The van der Waals surface area contributed by atoms with Crippen molar-refractivity contribution in [2.45, 2.75) is 32.4 Å². The van der Waals surface area contributed by atoms with Gasteiger partial charge in [0.25, 0.3) is 0 Å². The van der Waals surface area contributed by atoms with Crippen molar-refractivity contribution in [3.05, 3.63) is 46.3 Å². The molecular weight excluding hydrogens is 321 g/mol. The van der Waals surface area contributed by atoms with E-state index in [2.05, 4.69) is 15.5 Å². The molecule has 2 aromatic rings. The minimum absolute atomic E-state index is 0.126. The van der Waals surface area contributed by atoms with Gasteiger partial charge >= 0.3 is 0 Å². The summed E-state index contributed by atoms with van der Waals surface area (Å²) < 4.78 is 24.7. The minimum atomic E-state index is -0.283. The van der Waals surface area contributed by atoms with Gasteiger partial charge in [-0.05, 0) is 43.9 Å². The van der Waals surface area contributed by atoms with E-state index in [0.29, 0.717) is 48.0 Å². The molecule has 0 radical (unpaired) electrons. The summed E-state index contributed by atoms with van der Waals surface area (Å²) in [6, 6.07) is 4.42. The predicted molar refractivity (Wildman–Crippen MR) is 83.6 cm³/mol. The molecule has 1 aromatic heterocycles. The molecule has 0 spiro atoms. The molecule has 0 amide bonds. The number of aromatic nitrogens is 2. The Morgan fingerprint density at radius 1 is 1.39 bits per heavy atom. The SMILES string of the molecule is Cc1noc([C@H](NCc2cc(Cl)ccc2F)C2CCOCC2)n1. The van der Waals surface area contributed by atoms with Crippen molar-refractivity contribution in [2.24, 2.45) is 5.92 Å². The van der Waals surface area contributed by atoms with Crippen molar-refractivity contribution < 1.29 is 13.7 Å². The number of nitrogens with one attached hydrogen (secondary N) is 1. The first-order valence-corrected chi connectivity index (χ1v) is 8.06. The Kier molecular flexibility index (Phi) is 5.25. The number of nitrogens with zero attached hydrogens (tertiary/aromatic N) is 2. The highest BCUT2D eigenvalue weighted by Crippen LogP contribution is 2.30. The largest absolute Gasteiger partial charge is 0.381 e. The summed E-state index contributed by atoms with van der Waals surface area (Å²) >= 11 is 5.95. The summed E-state index contributed by atoms with van der Waals surface area (Å²) in [4.78, 5) is 4.34. The van der Waals surface area contributed by atoms with E-state index >= 15 is 0 Å². The van der Waals surface area contributed by atoms with Crippen molar-refractivity contribution in [1.82, 2.24) is 15.5 Å². The van der Waals surface area contributed by atoms with Gasteiger partial charge in [-0.3, -0.25) is 0 Å². The monoisotopic (exact) mass is 339 g/mol. The van der Waals surface area contributed by atoms with Gasteiger partial charge in [0.05, 0.1) is 6.04 Å². The highest BCUT2D eigenvalue weighted by atomic mass is 35.5. The van der Waals surface area contributed by atoms with Gasteiger partial charge in [-0.1, -0.05) is 16.8 Å². The smallest absolute Gasteiger partial charge is 0.244 e. The molecular formula is C16H19ClFN3O2. The van der Waals surface area contributed by atoms with Crippen molar-refractivity contribution in [2.75, 3.05) is 13.2 Å². The molecule has 124 valence electrons. The molecule has 0 aliphatic carbocycles. The lowest BCUT2D eigenvalue weighted by atomic mass is 9.91. The van der Waals surface area contributed by atoms with Crippen LogP contribution in [0.1, 0.15) is 36.2 Å². The Balaban J connectivity index is 1.76. The molecule has 1 fully saturated rings. The fourth-order valence-corrected chi connectivity index (χ4v) is 3.04. The Bertz CT molecular complexity index is 659. The van der Waals surface area contributed by atoms with Gasteiger partial charge in [0.1, 0.15) is 5.82 Å². The molecule has 2 heterocycles. The second-order valence-corrected chi connectivity index (χ2v) is 6.16. The zero-order valence-corrected chi connectivity index (χ0v) is 13.6. The van der Waals surface area contributed by atoms with Crippen molar-refractivity contribution in [3.63, 3.8) is 0 Å². The van der Waals surface area contributed by atoms with E-state index < -0.39 is 0 Å². The number of benzene rings is 1. The van der Waals surface area contributed by atoms with E-state index in [1.165, 1.54) is 12.1 Å². The van der Waals surface area contributed by atoms with Crippen LogP contribution in [0.4, 0.5) is 4.39 Å². The summed E-state index contributed by atoms with van der Waals surface area (Å²) in [7, 11) is 0. The number of hydrogen-bond acceptors (Lipinski definition) is 5. The van der Waals surface area contributed by atoms with Gasteiger partial charge < -0.3 is 14.6 Å². The molecule has 3 rings (SSSR count). The standard InChI is InChI=1S/C16H19ClFN3O2/c1-10-20-16(23-21-10)15(11-4-6-22-7-5-11)19-9-12-8-13(17)2-3-14(12)18/h2-3,8,11,15,19H,4-7,9H2,1H3/t15-/m1/s1. The van der Waals surface area contributed by atoms with Gasteiger partial charge in [0.15, 0.2) is 5.82 Å². The van der Waals surface area contributed by atoms with Gasteiger partial charge in [-0.25, -0.2) is 4.39 Å². The van der Waals surface area contributed by atoms with Crippen LogP contribution in [0.25, 0.3) is 0 Å². The lowest BCUT2D eigenvalue weighted by molar-refractivity contribution is 0.0485. The summed E-state index contributed by atoms with van der Waals surface area (Å²) in [5.41, 5.74) is 0.519. The molecule has 0 bridgehead atoms. The lowest BCUT2D eigenvalue weighted by Gasteiger charge is -2.28. The Hall–Kier alpha value is -1.50. The zero-order valence-electron chi connectivity index (χ0n) is 12.9. The number of ether oxygens (including phenoxy) is 1. The third-order valence-electron chi connectivity index (χ3n) is 4.07. The summed E-state index contributed by atoms with van der Waals surface area (Å²) in [5, 5.41) is 7.73. The highest BCUT2D eigenvalue weighted by Gasteiger charge is 2.29. The Labute approximate surface area is 139 Å². The molecule has 1 N–H and O–H groups in total. The highest BCUT2D eigenvalue weighted by molar-refractivity contribution is 6.30. The van der Waals surface area contributed by atoms with Crippen molar-refractivity contribution >= 4 is 11.6 Å². The number of aryl methyl sites for hydroxylation is 1. The second kappa shape index (κ2) is 7.38. The van der Waals surface area contributed by atoms with Crippen LogP contribution in [-0.2, 0) is 11.3 Å². The van der Waals surface area contributed by atoms with Gasteiger partial charge in [0, 0.05) is 30.3 Å². The number of halogens is 2. The average Bonchev–Trinajstić information content (AvgIpc) is 2.98. The van der Waals surface area contributed by atoms with Crippen LogP contribution in [0, 0.1) is 18.7 Å². The van der Waals surface area contributed by atoms with Crippen LogP contribution >= 0.6 is 11.6 Å². The van der Waals surface area contributed by atoms with Crippen LogP contribution in [0.2, 0.25) is 5.02 Å². The third kappa shape index (κ3) is 4.07. The van der Waals surface area contributed by atoms with Gasteiger partial charge in [-0.2, -0.15) is 4.98 Å². The molecule has 1 aromatic carbocycles. The number of hydrogen-bond donors (Lipinski definition) is 1. The van der Waals surface area contributed by atoms with Gasteiger partial charge in [0.2, 0.25) is 5.89 Å². The maximum absolute atomic E-state index is 13.9. The average molecular weight is 340 g/mol. The van der Waals surface area contributed by atoms with E-state index in [9.17, 15) is 4.39 Å². The van der Waals surface area contributed by atoms with E-state index in [-0.39, 0.29) is 11.9 Å². The predicted octanol–water partition coefficient (Wildman–Crippen LogP) is 3.43. The molecule has 1 saturated heterocycles. The Morgan fingerprint density at radius 2 is 2.17 bits per heavy atom. The first kappa shape index (κ1) is 16.4. The van der Waals surface area contributed by atoms with Crippen molar-refractivity contribution in [1.29, 1.82) is 0 Å². The first-order valence-electron chi connectivity index (χ1n) is 7.69. The molecule has 1 aliphatic rings. The fraction of sp³-hybridized carbons (Fsp3) is 0.500. The van der Waals surface area contributed by atoms with Crippen molar-refractivity contribution in [3.8, 4) is 0 Å². The molecule has 7 heteroatoms. The lowest BCUT2D eigenvalue weighted by Crippen LogP contribution is -2.32. The molecule has 1 atom stereocenters. The number of rotatable bonds is 5. The van der Waals surface area contributed by atoms with E-state index in [0.717, 1.165) is 12.8 Å². The minimum Gasteiger partial charge on any atom is -0.381 e. The molecule has 5 nitrogen and oxygen atoms in total. The molecule has 1 aliphatic heterocycles. The molecule has 23 heavy (non-hydrogen) atoms. The molecule has 0 unspecified atom stereocenters. The zero-order chi connectivity index (χ0) is 16.2. The first-order chi connectivity index (χ1) is 11.1. The van der Waals surface area contributed by atoms with Crippen LogP contribution in [0.5, 0.6) is 0 Å². The quantitative estimate of drug-likeness (QED) is 0.904. The summed E-state index contributed by atoms with van der Waals surface area (Å²) in [6.07, 6.45) is 1.80. The maximum Gasteiger partial charge on any atom is 0.244 e. The van der Waals surface area contributed by atoms with E-state index in [4.69, 9.17) is 20.9 Å². The summed E-state index contributed by atoms with van der Waals surface area (Å²) in [6.45, 7) is 3.55. The van der Waals surface area contributed by atoms with E-state index in [1.807, 2.05) is 0 Å². The normalized spacial score (nSPS) is 17.3. The van der Waals surface area contributed by atoms with Crippen LogP contribution in [0.15, 0.2) is 22.7 Å². The Morgan fingerprint density at radius 3 is 2.87 bits per heavy atom. The fourth-order valence-electron chi connectivity index (χ4n) is 2.84. The van der Waals surface area contributed by atoms with Crippen LogP contribution in [-0.4, -0.2) is 23.4 Å². The maximum atomic E-state index is 13.9. The topological polar surface area (TPSA) is 60.2 Å².